The highest BCUT2D eigenvalue weighted by Crippen LogP contribution is 2.49. The Hall–Kier alpha value is -7.12. The zero-order chi connectivity index (χ0) is 40.5. The normalized spacial score (nSPS) is 12.2. The molecule has 0 bridgehead atoms. The second-order valence-corrected chi connectivity index (χ2v) is 18.0. The van der Waals surface area contributed by atoms with E-state index in [0.29, 0.717) is 0 Å². The highest BCUT2D eigenvalue weighted by Gasteiger charge is 2.27. The fourth-order valence-corrected chi connectivity index (χ4v) is 12.4. The maximum absolute atomic E-state index is 14.8. The van der Waals surface area contributed by atoms with Gasteiger partial charge in [0.2, 0.25) is 0 Å². The number of halogens is 2. The molecule has 13 rings (SSSR count). The number of benzene rings is 9. The van der Waals surface area contributed by atoms with E-state index in [9.17, 15) is 8.78 Å². The molecule has 0 aliphatic heterocycles. The van der Waals surface area contributed by atoms with Gasteiger partial charge in [0.1, 0.15) is 11.6 Å². The second-order valence-electron chi connectivity index (χ2n) is 15.9. The number of nitrogens with zero attached hydrogens (tertiary/aromatic N) is 2. The second kappa shape index (κ2) is 12.9. The first-order valence-electron chi connectivity index (χ1n) is 20.4. The molecule has 2 nitrogen and oxygen atoms in total. The molecule has 0 atom stereocenters. The maximum Gasteiger partial charge on any atom is 0.123 e. The van der Waals surface area contributed by atoms with Gasteiger partial charge in [0.15, 0.2) is 0 Å². The standard InChI is InChI=1S/C55H32F2N2S2/c1-31-50(32-18-22-34(56)23-19-32)44(58-40-14-6-2-10-36(40)52-42(58)26-28-48-54(52)38-12-4-8-16-46(38)60-48)30-45(51(31)33-20-24-35(57)25-21-33)59-41-15-7-3-11-37(41)53-43(59)27-29-49-55(53)39-13-5-9-17-47(39)61-49/h2-30H,1H3. The van der Waals surface area contributed by atoms with Gasteiger partial charge in [-0.2, -0.15) is 0 Å². The fraction of sp³-hybridized carbons (Fsp3) is 0.0182. The van der Waals surface area contributed by atoms with Crippen molar-refractivity contribution in [2.75, 3.05) is 0 Å². The van der Waals surface area contributed by atoms with Gasteiger partial charge in [-0.15, -0.1) is 22.7 Å². The number of aromatic nitrogens is 2. The Morgan fingerprint density at radius 1 is 0.361 bits per heavy atom. The smallest absolute Gasteiger partial charge is 0.123 e. The van der Waals surface area contributed by atoms with Crippen molar-refractivity contribution in [1.29, 1.82) is 0 Å². The molecule has 0 saturated carbocycles. The molecule has 0 spiro atoms. The number of fused-ring (bicyclic) bond motifs is 14. The van der Waals surface area contributed by atoms with Crippen LogP contribution in [0.25, 0.3) is 118 Å². The summed E-state index contributed by atoms with van der Waals surface area (Å²) in [7, 11) is 0. The monoisotopic (exact) mass is 822 g/mol. The van der Waals surface area contributed by atoms with Crippen LogP contribution in [0.15, 0.2) is 176 Å². The van der Waals surface area contributed by atoms with Crippen LogP contribution in [-0.4, -0.2) is 9.13 Å². The van der Waals surface area contributed by atoms with Gasteiger partial charge in [-0.3, -0.25) is 0 Å². The van der Waals surface area contributed by atoms with Crippen molar-refractivity contribution in [3.8, 4) is 33.6 Å². The molecule has 0 aliphatic carbocycles. The molecule has 0 amide bonds. The third-order valence-corrected chi connectivity index (χ3v) is 14.9. The minimum Gasteiger partial charge on any atom is -0.309 e. The minimum atomic E-state index is -0.292. The maximum atomic E-state index is 14.8. The van der Waals surface area contributed by atoms with Crippen molar-refractivity contribution in [2.45, 2.75) is 6.92 Å². The predicted octanol–water partition coefficient (Wildman–Crippen LogP) is 16.5. The minimum absolute atomic E-state index is 0.292. The largest absolute Gasteiger partial charge is 0.309 e. The van der Waals surface area contributed by atoms with Crippen LogP contribution in [-0.2, 0) is 0 Å². The van der Waals surface area contributed by atoms with Crippen LogP contribution in [0.1, 0.15) is 5.56 Å². The van der Waals surface area contributed by atoms with Crippen LogP contribution in [0.2, 0.25) is 0 Å². The van der Waals surface area contributed by atoms with Crippen molar-refractivity contribution in [3.63, 3.8) is 0 Å². The summed E-state index contributed by atoms with van der Waals surface area (Å²) >= 11 is 3.65. The molecule has 61 heavy (non-hydrogen) atoms. The molecule has 4 aromatic heterocycles. The summed E-state index contributed by atoms with van der Waals surface area (Å²) in [4.78, 5) is 0. The van der Waals surface area contributed by atoms with Crippen molar-refractivity contribution >= 4 is 107 Å². The summed E-state index contributed by atoms with van der Waals surface area (Å²) in [6, 6.07) is 59.8. The van der Waals surface area contributed by atoms with E-state index in [1.807, 2.05) is 46.9 Å². The molecular formula is C55H32F2N2S2. The zero-order valence-corrected chi connectivity index (χ0v) is 34.3. The van der Waals surface area contributed by atoms with E-state index in [-0.39, 0.29) is 11.6 Å². The van der Waals surface area contributed by atoms with Crippen molar-refractivity contribution in [2.24, 2.45) is 0 Å². The highest BCUT2D eigenvalue weighted by atomic mass is 32.1. The Morgan fingerprint density at radius 3 is 1.20 bits per heavy atom. The summed E-state index contributed by atoms with van der Waals surface area (Å²) in [5, 5.41) is 9.76. The Balaban J connectivity index is 1.25. The van der Waals surface area contributed by atoms with Crippen LogP contribution in [0.3, 0.4) is 0 Å². The quantitative estimate of drug-likeness (QED) is 0.167. The molecular weight excluding hydrogens is 791 g/mol. The van der Waals surface area contributed by atoms with E-state index in [1.54, 1.807) is 24.3 Å². The third-order valence-electron chi connectivity index (χ3n) is 12.6. The van der Waals surface area contributed by atoms with Gasteiger partial charge >= 0.3 is 0 Å². The molecule has 6 heteroatoms. The van der Waals surface area contributed by atoms with E-state index < -0.39 is 0 Å². The summed E-state index contributed by atoms with van der Waals surface area (Å²) in [6.45, 7) is 2.17. The lowest BCUT2D eigenvalue weighted by Crippen LogP contribution is -2.06. The average molecular weight is 823 g/mol. The Labute approximate surface area is 356 Å². The van der Waals surface area contributed by atoms with Crippen molar-refractivity contribution in [3.05, 3.63) is 193 Å². The molecule has 4 heterocycles. The average Bonchev–Trinajstić information content (AvgIpc) is 4.04. The van der Waals surface area contributed by atoms with Crippen LogP contribution < -0.4 is 0 Å². The molecule has 0 saturated heterocycles. The van der Waals surface area contributed by atoms with Gasteiger partial charge in [-0.05, 0) is 102 Å². The zero-order valence-electron chi connectivity index (χ0n) is 32.7. The van der Waals surface area contributed by atoms with Crippen LogP contribution >= 0.6 is 22.7 Å². The molecule has 0 unspecified atom stereocenters. The van der Waals surface area contributed by atoms with Gasteiger partial charge in [0.05, 0.1) is 33.4 Å². The fourth-order valence-electron chi connectivity index (χ4n) is 10.2. The van der Waals surface area contributed by atoms with Crippen LogP contribution in [0, 0.1) is 18.6 Å². The Bertz CT molecular complexity index is 3700. The highest BCUT2D eigenvalue weighted by molar-refractivity contribution is 7.26. The first kappa shape index (κ1) is 34.7. The first-order chi connectivity index (χ1) is 30.0. The molecule has 9 aromatic carbocycles. The lowest BCUT2D eigenvalue weighted by Gasteiger charge is -2.24. The van der Waals surface area contributed by atoms with E-state index in [0.717, 1.165) is 61.3 Å². The number of hydrogen-bond acceptors (Lipinski definition) is 2. The topological polar surface area (TPSA) is 9.86 Å². The molecule has 0 radical (unpaired) electrons. The van der Waals surface area contributed by atoms with E-state index >= 15 is 0 Å². The number of hydrogen-bond donors (Lipinski definition) is 0. The molecule has 0 aliphatic rings. The molecule has 0 N–H and O–H groups in total. The van der Waals surface area contributed by atoms with Gasteiger partial charge < -0.3 is 9.13 Å². The molecule has 288 valence electrons. The molecule has 0 fully saturated rings. The van der Waals surface area contributed by atoms with E-state index in [4.69, 9.17) is 0 Å². The number of para-hydroxylation sites is 2. The van der Waals surface area contributed by atoms with Crippen LogP contribution in [0.4, 0.5) is 8.78 Å². The van der Waals surface area contributed by atoms with Crippen molar-refractivity contribution < 1.29 is 8.78 Å². The van der Waals surface area contributed by atoms with E-state index in [1.165, 1.54) is 61.9 Å². The predicted molar refractivity (Wildman–Crippen MR) is 256 cm³/mol. The lowest BCUT2D eigenvalue weighted by molar-refractivity contribution is 0.627. The van der Waals surface area contributed by atoms with E-state index in [2.05, 4.69) is 143 Å². The number of rotatable bonds is 4. The third kappa shape index (κ3) is 4.92. The Kier molecular flexibility index (Phi) is 7.36. The van der Waals surface area contributed by atoms with Crippen molar-refractivity contribution in [1.82, 2.24) is 9.13 Å². The first-order valence-corrected chi connectivity index (χ1v) is 22.0. The van der Waals surface area contributed by atoms with Gasteiger partial charge in [-0.1, -0.05) is 97.1 Å². The number of thiophene rings is 2. The van der Waals surface area contributed by atoms with Gasteiger partial charge in [0, 0.05) is 73.0 Å². The van der Waals surface area contributed by atoms with Gasteiger partial charge in [0.25, 0.3) is 0 Å². The SMILES string of the molecule is Cc1c(-c2ccc(F)cc2)c(-n2c3ccccc3c3c4c(ccc32)sc2ccccc24)cc(-n2c3ccccc3c3c4c(ccc32)sc2ccccc24)c1-c1ccc(F)cc1. The van der Waals surface area contributed by atoms with Gasteiger partial charge in [-0.25, -0.2) is 8.78 Å². The summed E-state index contributed by atoms with van der Waals surface area (Å²) in [6.07, 6.45) is 0. The summed E-state index contributed by atoms with van der Waals surface area (Å²) < 4.78 is 39.5. The lowest BCUT2D eigenvalue weighted by atomic mass is 9.89. The summed E-state index contributed by atoms with van der Waals surface area (Å²) in [5.74, 6) is -0.584. The van der Waals surface area contributed by atoms with Crippen LogP contribution in [0.5, 0.6) is 0 Å². The molecule has 13 aromatic rings. The summed E-state index contributed by atoms with van der Waals surface area (Å²) in [5.41, 5.74) is 11.0. The Morgan fingerprint density at radius 2 is 0.754 bits per heavy atom.